The lowest BCUT2D eigenvalue weighted by Gasteiger charge is -2.35. The maximum absolute atomic E-state index is 5.62. The SMILES string of the molecule is COc1cc2cc(N3CCN(C)CC3)nc(NC3CCN(Cc4ccccc4)CC3)c2cc1OC. The van der Waals surface area contributed by atoms with E-state index >= 15 is 0 Å². The van der Waals surface area contributed by atoms with Gasteiger partial charge < -0.3 is 24.6 Å². The zero-order valence-electron chi connectivity index (χ0n) is 21.2. The number of anilines is 2. The molecule has 2 fully saturated rings. The standard InChI is InChI=1S/C28H37N5O2/c1-31-13-15-33(16-14-31)27-18-22-17-25(34-2)26(35-3)19-24(22)28(30-27)29-23-9-11-32(12-10-23)20-21-7-5-4-6-8-21/h4-8,17-19,23H,9-16,20H2,1-3H3,(H,29,30). The quantitative estimate of drug-likeness (QED) is 0.553. The van der Waals surface area contributed by atoms with Crippen LogP contribution in [0.1, 0.15) is 18.4 Å². The van der Waals surface area contributed by atoms with Crippen LogP contribution in [0, 0.1) is 0 Å². The minimum Gasteiger partial charge on any atom is -0.493 e. The average molecular weight is 476 g/mol. The van der Waals surface area contributed by atoms with Crippen LogP contribution in [0.3, 0.4) is 0 Å². The summed E-state index contributed by atoms with van der Waals surface area (Å²) < 4.78 is 11.2. The maximum atomic E-state index is 5.62. The molecule has 186 valence electrons. The van der Waals surface area contributed by atoms with Crippen molar-refractivity contribution < 1.29 is 9.47 Å². The van der Waals surface area contributed by atoms with E-state index in [0.29, 0.717) is 6.04 Å². The summed E-state index contributed by atoms with van der Waals surface area (Å²) in [5.41, 5.74) is 1.38. The van der Waals surface area contributed by atoms with E-state index in [4.69, 9.17) is 14.5 Å². The van der Waals surface area contributed by atoms with Gasteiger partial charge in [0.05, 0.1) is 14.2 Å². The Balaban J connectivity index is 1.37. The van der Waals surface area contributed by atoms with Gasteiger partial charge in [-0.1, -0.05) is 30.3 Å². The van der Waals surface area contributed by atoms with Gasteiger partial charge >= 0.3 is 0 Å². The van der Waals surface area contributed by atoms with Gasteiger partial charge in [-0.05, 0) is 49.0 Å². The number of pyridine rings is 1. The zero-order chi connectivity index (χ0) is 24.2. The Morgan fingerprint density at radius 2 is 1.57 bits per heavy atom. The van der Waals surface area contributed by atoms with Crippen molar-refractivity contribution in [3.63, 3.8) is 0 Å². The summed E-state index contributed by atoms with van der Waals surface area (Å²) in [6.45, 7) is 7.26. The van der Waals surface area contributed by atoms with Crippen LogP contribution in [0.15, 0.2) is 48.5 Å². The number of rotatable bonds is 7. The van der Waals surface area contributed by atoms with Crippen molar-refractivity contribution in [2.45, 2.75) is 25.4 Å². The molecule has 0 spiro atoms. The van der Waals surface area contributed by atoms with Gasteiger partial charge in [0.2, 0.25) is 0 Å². The molecule has 1 aromatic heterocycles. The molecule has 7 nitrogen and oxygen atoms in total. The maximum Gasteiger partial charge on any atom is 0.161 e. The Morgan fingerprint density at radius 1 is 0.886 bits per heavy atom. The van der Waals surface area contributed by atoms with Gasteiger partial charge in [0.15, 0.2) is 11.5 Å². The van der Waals surface area contributed by atoms with E-state index in [9.17, 15) is 0 Å². The van der Waals surface area contributed by atoms with Crippen LogP contribution in [-0.4, -0.2) is 81.4 Å². The highest BCUT2D eigenvalue weighted by atomic mass is 16.5. The molecular formula is C28H37N5O2. The molecule has 2 saturated heterocycles. The molecule has 0 radical (unpaired) electrons. The Bertz CT molecular complexity index is 1120. The predicted octanol–water partition coefficient (Wildman–Crippen LogP) is 4.08. The molecule has 0 bridgehead atoms. The second-order valence-corrected chi connectivity index (χ2v) is 9.73. The van der Waals surface area contributed by atoms with Crippen LogP contribution in [0.5, 0.6) is 11.5 Å². The topological polar surface area (TPSA) is 53.1 Å². The number of hydrogen-bond acceptors (Lipinski definition) is 7. The van der Waals surface area contributed by atoms with Crippen LogP contribution in [0.4, 0.5) is 11.6 Å². The first-order valence-corrected chi connectivity index (χ1v) is 12.7. The molecule has 35 heavy (non-hydrogen) atoms. The smallest absolute Gasteiger partial charge is 0.161 e. The van der Waals surface area contributed by atoms with Crippen LogP contribution in [0.2, 0.25) is 0 Å². The Kier molecular flexibility index (Phi) is 7.25. The summed E-state index contributed by atoms with van der Waals surface area (Å²) in [7, 11) is 5.55. The number of nitrogens with zero attached hydrogens (tertiary/aromatic N) is 4. The predicted molar refractivity (Wildman–Crippen MR) is 143 cm³/mol. The number of nitrogens with one attached hydrogen (secondary N) is 1. The number of likely N-dealkylation sites (tertiary alicyclic amines) is 1. The summed E-state index contributed by atoms with van der Waals surface area (Å²) in [5, 5.41) is 6.01. The van der Waals surface area contributed by atoms with Crippen LogP contribution in [0.25, 0.3) is 10.8 Å². The van der Waals surface area contributed by atoms with Gasteiger partial charge in [0.25, 0.3) is 0 Å². The number of piperazine rings is 1. The third kappa shape index (κ3) is 5.46. The number of benzene rings is 2. The first-order chi connectivity index (χ1) is 17.1. The highest BCUT2D eigenvalue weighted by molar-refractivity contribution is 5.96. The molecular weight excluding hydrogens is 438 g/mol. The molecule has 0 unspecified atom stereocenters. The van der Waals surface area contributed by atoms with Crippen molar-refractivity contribution in [1.29, 1.82) is 0 Å². The van der Waals surface area contributed by atoms with Gasteiger partial charge in [-0.3, -0.25) is 4.90 Å². The second-order valence-electron chi connectivity index (χ2n) is 9.73. The number of piperidine rings is 1. The molecule has 7 heteroatoms. The molecule has 2 aliphatic heterocycles. The summed E-state index contributed by atoms with van der Waals surface area (Å²) in [6.07, 6.45) is 2.20. The van der Waals surface area contributed by atoms with Crippen molar-refractivity contribution in [2.75, 3.05) is 70.8 Å². The van der Waals surface area contributed by atoms with E-state index in [1.807, 2.05) is 0 Å². The van der Waals surface area contributed by atoms with Gasteiger partial charge in [-0.2, -0.15) is 0 Å². The van der Waals surface area contributed by atoms with Crippen molar-refractivity contribution in [1.82, 2.24) is 14.8 Å². The van der Waals surface area contributed by atoms with Crippen molar-refractivity contribution in [2.24, 2.45) is 0 Å². The van der Waals surface area contributed by atoms with Gasteiger partial charge in [0, 0.05) is 57.2 Å². The van der Waals surface area contributed by atoms with Crippen LogP contribution >= 0.6 is 0 Å². The van der Waals surface area contributed by atoms with Crippen molar-refractivity contribution in [3.05, 3.63) is 54.1 Å². The van der Waals surface area contributed by atoms with E-state index in [2.05, 4.69) is 75.6 Å². The van der Waals surface area contributed by atoms with Gasteiger partial charge in [-0.15, -0.1) is 0 Å². The fourth-order valence-electron chi connectivity index (χ4n) is 5.14. The minimum absolute atomic E-state index is 0.397. The summed E-state index contributed by atoms with van der Waals surface area (Å²) in [4.78, 5) is 12.5. The third-order valence-corrected chi connectivity index (χ3v) is 7.33. The lowest BCUT2D eigenvalue weighted by Crippen LogP contribution is -2.45. The first-order valence-electron chi connectivity index (χ1n) is 12.7. The molecule has 3 aromatic rings. The number of fused-ring (bicyclic) bond motifs is 1. The fourth-order valence-corrected chi connectivity index (χ4v) is 5.14. The molecule has 0 atom stereocenters. The molecule has 0 aliphatic carbocycles. The van der Waals surface area contributed by atoms with Crippen molar-refractivity contribution in [3.8, 4) is 11.5 Å². The normalized spacial score (nSPS) is 18.1. The zero-order valence-corrected chi connectivity index (χ0v) is 21.2. The Hall–Kier alpha value is -3.03. The molecule has 2 aliphatic rings. The highest BCUT2D eigenvalue weighted by Crippen LogP contribution is 2.37. The average Bonchev–Trinajstić information content (AvgIpc) is 2.90. The minimum atomic E-state index is 0.397. The van der Waals surface area contributed by atoms with Crippen LogP contribution < -0.4 is 19.7 Å². The highest BCUT2D eigenvalue weighted by Gasteiger charge is 2.23. The van der Waals surface area contributed by atoms with Crippen LogP contribution in [-0.2, 0) is 6.54 Å². The summed E-state index contributed by atoms with van der Waals surface area (Å²) in [5.74, 6) is 3.45. The monoisotopic (exact) mass is 475 g/mol. The lowest BCUT2D eigenvalue weighted by atomic mass is 10.0. The Labute approximate surface area is 208 Å². The molecule has 2 aromatic carbocycles. The number of hydrogen-bond donors (Lipinski definition) is 1. The molecule has 0 saturated carbocycles. The second kappa shape index (κ2) is 10.7. The summed E-state index contributed by atoms with van der Waals surface area (Å²) in [6, 6.07) is 17.5. The first kappa shape index (κ1) is 23.7. The molecule has 3 heterocycles. The third-order valence-electron chi connectivity index (χ3n) is 7.33. The van der Waals surface area contributed by atoms with E-state index < -0.39 is 0 Å². The van der Waals surface area contributed by atoms with Gasteiger partial charge in [-0.25, -0.2) is 4.98 Å². The van der Waals surface area contributed by atoms with E-state index in [1.54, 1.807) is 14.2 Å². The molecule has 0 amide bonds. The molecule has 5 rings (SSSR count). The van der Waals surface area contributed by atoms with E-state index in [-0.39, 0.29) is 0 Å². The van der Waals surface area contributed by atoms with Gasteiger partial charge in [0.1, 0.15) is 11.6 Å². The summed E-state index contributed by atoms with van der Waals surface area (Å²) >= 11 is 0. The van der Waals surface area contributed by atoms with E-state index in [1.165, 1.54) is 5.56 Å². The number of methoxy groups -OCH3 is 2. The number of aromatic nitrogens is 1. The number of likely N-dealkylation sites (N-methyl/N-ethyl adjacent to an activating group) is 1. The Morgan fingerprint density at radius 3 is 2.26 bits per heavy atom. The van der Waals surface area contributed by atoms with Crippen molar-refractivity contribution >= 4 is 22.4 Å². The fraction of sp³-hybridized carbons (Fsp3) is 0.464. The molecule has 1 N–H and O–H groups in total. The largest absolute Gasteiger partial charge is 0.493 e. The number of ether oxygens (including phenoxy) is 2. The lowest BCUT2D eigenvalue weighted by molar-refractivity contribution is 0.211. The van der Waals surface area contributed by atoms with E-state index in [0.717, 1.165) is 92.6 Å².